The Morgan fingerprint density at radius 3 is 2.26 bits per heavy atom. The molecule has 23 heavy (non-hydrogen) atoms. The van der Waals surface area contributed by atoms with Gasteiger partial charge in [0.25, 0.3) is 0 Å². The molecule has 1 heteroatoms. The molecule has 0 radical (unpaired) electrons. The number of aryl methyl sites for hydroxylation is 1. The summed E-state index contributed by atoms with van der Waals surface area (Å²) in [5.41, 5.74) is 4.30. The largest absolute Gasteiger partial charge is 0.490 e. The highest BCUT2D eigenvalue weighted by atomic mass is 16.5. The Morgan fingerprint density at radius 2 is 1.61 bits per heavy atom. The molecule has 0 aliphatic rings. The van der Waals surface area contributed by atoms with E-state index in [9.17, 15) is 0 Å². The van der Waals surface area contributed by atoms with Gasteiger partial charge < -0.3 is 4.74 Å². The molecule has 1 rings (SSSR count). The molecule has 1 nitrogen and oxygen atoms in total. The van der Waals surface area contributed by atoms with Crippen LogP contribution in [-0.4, -0.2) is 6.61 Å². The topological polar surface area (TPSA) is 9.23 Å². The number of hydrogen-bond donors (Lipinski definition) is 0. The van der Waals surface area contributed by atoms with Crippen molar-refractivity contribution in [3.05, 3.63) is 53.1 Å². The molecule has 0 spiro atoms. The van der Waals surface area contributed by atoms with Gasteiger partial charge in [0.1, 0.15) is 12.4 Å². The molecule has 0 saturated heterocycles. The van der Waals surface area contributed by atoms with E-state index in [1.807, 2.05) is 0 Å². The fourth-order valence-electron chi connectivity index (χ4n) is 2.51. The van der Waals surface area contributed by atoms with Crippen molar-refractivity contribution in [2.75, 3.05) is 6.61 Å². The third-order valence-electron chi connectivity index (χ3n) is 4.22. The van der Waals surface area contributed by atoms with Crippen LogP contribution in [-0.2, 0) is 6.42 Å². The summed E-state index contributed by atoms with van der Waals surface area (Å²) in [6.45, 7) is 9.55. The van der Waals surface area contributed by atoms with Gasteiger partial charge in [0, 0.05) is 0 Å². The zero-order valence-corrected chi connectivity index (χ0v) is 15.5. The molecule has 0 bridgehead atoms. The summed E-state index contributed by atoms with van der Waals surface area (Å²) in [5.74, 6) is 0.956. The van der Waals surface area contributed by atoms with Crippen molar-refractivity contribution in [2.45, 2.75) is 72.6 Å². The van der Waals surface area contributed by atoms with Gasteiger partial charge in [-0.2, -0.15) is 0 Å². The smallest absolute Gasteiger partial charge is 0.119 e. The van der Waals surface area contributed by atoms with Gasteiger partial charge in [0.15, 0.2) is 0 Å². The van der Waals surface area contributed by atoms with Crippen molar-refractivity contribution in [2.24, 2.45) is 0 Å². The Morgan fingerprint density at radius 1 is 0.913 bits per heavy atom. The van der Waals surface area contributed by atoms with Crippen LogP contribution < -0.4 is 4.74 Å². The van der Waals surface area contributed by atoms with Crippen molar-refractivity contribution < 1.29 is 4.74 Å². The van der Waals surface area contributed by atoms with E-state index >= 15 is 0 Å². The van der Waals surface area contributed by atoms with E-state index in [1.165, 1.54) is 36.8 Å². The SMILES string of the molecule is CCCCCC(C)=CCCC(C)=CCOc1ccc(CC)cc1. The summed E-state index contributed by atoms with van der Waals surface area (Å²) in [6, 6.07) is 8.39. The Labute approximate surface area is 143 Å². The van der Waals surface area contributed by atoms with Crippen LogP contribution in [0.25, 0.3) is 0 Å². The first-order chi connectivity index (χ1) is 11.2. The van der Waals surface area contributed by atoms with E-state index < -0.39 is 0 Å². The molecular weight excluding hydrogens is 280 g/mol. The lowest BCUT2D eigenvalue weighted by atomic mass is 10.1. The molecule has 0 fully saturated rings. The van der Waals surface area contributed by atoms with Crippen molar-refractivity contribution in [1.82, 2.24) is 0 Å². The standard InChI is InChI=1S/C22H34O/c1-5-7-8-10-19(3)11-9-12-20(4)17-18-23-22-15-13-21(6-2)14-16-22/h11,13-17H,5-10,12,18H2,1-4H3. The van der Waals surface area contributed by atoms with Crippen molar-refractivity contribution >= 4 is 0 Å². The summed E-state index contributed by atoms with van der Waals surface area (Å²) in [5, 5.41) is 0. The second-order valence-corrected chi connectivity index (χ2v) is 6.41. The molecule has 0 amide bonds. The van der Waals surface area contributed by atoms with E-state index in [2.05, 4.69) is 64.1 Å². The van der Waals surface area contributed by atoms with Crippen molar-refractivity contribution in [3.8, 4) is 5.75 Å². The molecule has 0 heterocycles. The Kier molecular flexibility index (Phi) is 10.2. The fourth-order valence-corrected chi connectivity index (χ4v) is 2.51. The van der Waals surface area contributed by atoms with Gasteiger partial charge in [-0.25, -0.2) is 0 Å². The Bertz CT molecular complexity index is 479. The average Bonchev–Trinajstić information content (AvgIpc) is 2.56. The highest BCUT2D eigenvalue weighted by molar-refractivity contribution is 5.27. The molecule has 0 saturated carbocycles. The quantitative estimate of drug-likeness (QED) is 0.319. The number of allylic oxidation sites excluding steroid dienone is 3. The second kappa shape index (κ2) is 12.0. The van der Waals surface area contributed by atoms with Crippen LogP contribution >= 0.6 is 0 Å². The summed E-state index contributed by atoms with van der Waals surface area (Å²) in [4.78, 5) is 0. The number of rotatable bonds is 11. The molecule has 0 N–H and O–H groups in total. The predicted octanol–water partition coefficient (Wildman–Crippen LogP) is 6.88. The lowest BCUT2D eigenvalue weighted by Crippen LogP contribution is -1.95. The lowest BCUT2D eigenvalue weighted by Gasteiger charge is -2.05. The van der Waals surface area contributed by atoms with Gasteiger partial charge in [-0.3, -0.25) is 0 Å². The van der Waals surface area contributed by atoms with Crippen molar-refractivity contribution in [1.29, 1.82) is 0 Å². The first-order valence-corrected chi connectivity index (χ1v) is 9.18. The number of hydrogen-bond acceptors (Lipinski definition) is 1. The molecular formula is C22H34O. The second-order valence-electron chi connectivity index (χ2n) is 6.41. The number of benzene rings is 1. The van der Waals surface area contributed by atoms with Gasteiger partial charge in [-0.15, -0.1) is 0 Å². The van der Waals surface area contributed by atoms with E-state index in [-0.39, 0.29) is 0 Å². The normalized spacial score (nSPS) is 12.5. The average molecular weight is 315 g/mol. The first kappa shape index (κ1) is 19.5. The monoisotopic (exact) mass is 314 g/mol. The van der Waals surface area contributed by atoms with Gasteiger partial charge in [0.2, 0.25) is 0 Å². The van der Waals surface area contributed by atoms with Gasteiger partial charge >= 0.3 is 0 Å². The summed E-state index contributed by atoms with van der Waals surface area (Å²) in [6.07, 6.45) is 13.2. The third-order valence-corrected chi connectivity index (χ3v) is 4.22. The van der Waals surface area contributed by atoms with Crippen LogP contribution in [0.2, 0.25) is 0 Å². The molecule has 1 aromatic carbocycles. The maximum Gasteiger partial charge on any atom is 0.119 e. The van der Waals surface area contributed by atoms with E-state index in [1.54, 1.807) is 5.57 Å². The predicted molar refractivity (Wildman–Crippen MR) is 102 cm³/mol. The molecule has 128 valence electrons. The van der Waals surface area contributed by atoms with Crippen molar-refractivity contribution in [3.63, 3.8) is 0 Å². The van der Waals surface area contributed by atoms with Crippen LogP contribution in [0.5, 0.6) is 5.75 Å². The van der Waals surface area contributed by atoms with Crippen LogP contribution in [0.1, 0.15) is 71.8 Å². The minimum atomic E-state index is 0.663. The fraction of sp³-hybridized carbons (Fsp3) is 0.545. The minimum absolute atomic E-state index is 0.663. The zero-order valence-electron chi connectivity index (χ0n) is 15.5. The first-order valence-electron chi connectivity index (χ1n) is 9.18. The molecule has 0 unspecified atom stereocenters. The molecule has 1 aromatic rings. The lowest BCUT2D eigenvalue weighted by molar-refractivity contribution is 0.361. The highest BCUT2D eigenvalue weighted by Gasteiger charge is 1.95. The Hall–Kier alpha value is -1.50. The van der Waals surface area contributed by atoms with Crippen LogP contribution in [0.4, 0.5) is 0 Å². The van der Waals surface area contributed by atoms with E-state index in [0.29, 0.717) is 6.61 Å². The minimum Gasteiger partial charge on any atom is -0.490 e. The van der Waals surface area contributed by atoms with Gasteiger partial charge in [-0.1, -0.05) is 56.0 Å². The summed E-state index contributed by atoms with van der Waals surface area (Å²) in [7, 11) is 0. The van der Waals surface area contributed by atoms with Crippen LogP contribution in [0.3, 0.4) is 0 Å². The molecule has 0 aliphatic heterocycles. The summed E-state index contributed by atoms with van der Waals surface area (Å²) < 4.78 is 5.78. The maximum atomic E-state index is 5.78. The van der Waals surface area contributed by atoms with Gasteiger partial charge in [0.05, 0.1) is 0 Å². The highest BCUT2D eigenvalue weighted by Crippen LogP contribution is 2.14. The Balaban J connectivity index is 2.24. The van der Waals surface area contributed by atoms with Crippen LogP contribution in [0, 0.1) is 0 Å². The zero-order chi connectivity index (χ0) is 16.9. The maximum absolute atomic E-state index is 5.78. The molecule has 0 aliphatic carbocycles. The number of ether oxygens (including phenoxy) is 1. The summed E-state index contributed by atoms with van der Waals surface area (Å²) >= 11 is 0. The number of unbranched alkanes of at least 4 members (excludes halogenated alkanes) is 2. The molecule has 0 atom stereocenters. The van der Waals surface area contributed by atoms with E-state index in [0.717, 1.165) is 25.0 Å². The molecule has 0 aromatic heterocycles. The van der Waals surface area contributed by atoms with Gasteiger partial charge in [-0.05, 0) is 69.7 Å². The van der Waals surface area contributed by atoms with E-state index in [4.69, 9.17) is 4.74 Å². The van der Waals surface area contributed by atoms with Crippen LogP contribution in [0.15, 0.2) is 47.6 Å². The third kappa shape index (κ3) is 9.28.